The maximum Gasteiger partial charge on any atom is 0.141 e. The Morgan fingerprint density at radius 1 is 1.29 bits per heavy atom. The normalized spacial score (nSPS) is 11.0. The molecule has 5 heteroatoms. The molecule has 0 spiro atoms. The van der Waals surface area contributed by atoms with Crippen molar-refractivity contribution < 1.29 is 4.74 Å². The third-order valence-corrected chi connectivity index (χ3v) is 3.49. The second kappa shape index (κ2) is 5.44. The number of hydrogen-bond donors (Lipinski definition) is 1. The first-order chi connectivity index (χ1) is 10.2. The summed E-state index contributed by atoms with van der Waals surface area (Å²) in [5, 5.41) is 0. The van der Waals surface area contributed by atoms with Crippen molar-refractivity contribution in [3.05, 3.63) is 36.7 Å². The zero-order chi connectivity index (χ0) is 14.8. The van der Waals surface area contributed by atoms with E-state index in [9.17, 15) is 0 Å². The number of anilines is 1. The summed E-state index contributed by atoms with van der Waals surface area (Å²) in [5.74, 6) is 1.59. The number of hydrogen-bond acceptors (Lipinski definition) is 4. The Hall–Kier alpha value is -2.56. The molecule has 0 aliphatic rings. The SMILES string of the molecule is CCCn1c(-c2ccc(OC)c(N)c2)nc2cnccc21. The summed E-state index contributed by atoms with van der Waals surface area (Å²) in [4.78, 5) is 8.85. The molecule has 0 atom stereocenters. The van der Waals surface area contributed by atoms with Crippen LogP contribution >= 0.6 is 0 Å². The highest BCUT2D eigenvalue weighted by molar-refractivity contribution is 5.80. The molecule has 2 N–H and O–H groups in total. The van der Waals surface area contributed by atoms with Gasteiger partial charge in [-0.25, -0.2) is 4.98 Å². The minimum absolute atomic E-state index is 0.614. The van der Waals surface area contributed by atoms with E-state index in [0.717, 1.165) is 35.4 Å². The first-order valence-corrected chi connectivity index (χ1v) is 6.98. The molecule has 2 aromatic heterocycles. The number of benzene rings is 1. The van der Waals surface area contributed by atoms with Crippen LogP contribution < -0.4 is 10.5 Å². The van der Waals surface area contributed by atoms with E-state index in [1.54, 1.807) is 19.5 Å². The number of aromatic nitrogens is 3. The van der Waals surface area contributed by atoms with Gasteiger partial charge in [0.1, 0.15) is 17.1 Å². The van der Waals surface area contributed by atoms with E-state index < -0.39 is 0 Å². The van der Waals surface area contributed by atoms with Gasteiger partial charge in [-0.15, -0.1) is 0 Å². The van der Waals surface area contributed by atoms with E-state index in [2.05, 4.69) is 16.5 Å². The van der Waals surface area contributed by atoms with Crippen LogP contribution in [0.1, 0.15) is 13.3 Å². The van der Waals surface area contributed by atoms with Gasteiger partial charge in [0.25, 0.3) is 0 Å². The Labute approximate surface area is 123 Å². The zero-order valence-corrected chi connectivity index (χ0v) is 12.2. The third-order valence-electron chi connectivity index (χ3n) is 3.49. The van der Waals surface area contributed by atoms with Gasteiger partial charge in [-0.3, -0.25) is 4.98 Å². The van der Waals surface area contributed by atoms with Crippen LogP contribution in [-0.2, 0) is 6.54 Å². The lowest BCUT2D eigenvalue weighted by Crippen LogP contribution is -2.00. The zero-order valence-electron chi connectivity index (χ0n) is 12.2. The highest BCUT2D eigenvalue weighted by Gasteiger charge is 2.13. The number of methoxy groups -OCH3 is 1. The Kier molecular flexibility index (Phi) is 3.48. The lowest BCUT2D eigenvalue weighted by atomic mass is 10.1. The van der Waals surface area contributed by atoms with Crippen molar-refractivity contribution in [1.29, 1.82) is 0 Å². The van der Waals surface area contributed by atoms with Crippen molar-refractivity contribution in [2.24, 2.45) is 0 Å². The number of nitrogen functional groups attached to an aromatic ring is 1. The van der Waals surface area contributed by atoms with Crippen LogP contribution in [0.4, 0.5) is 5.69 Å². The smallest absolute Gasteiger partial charge is 0.141 e. The second-order valence-corrected chi connectivity index (χ2v) is 4.91. The maximum atomic E-state index is 6.01. The highest BCUT2D eigenvalue weighted by Crippen LogP contribution is 2.30. The number of fused-ring (bicyclic) bond motifs is 1. The van der Waals surface area contributed by atoms with Crippen LogP contribution in [-0.4, -0.2) is 21.6 Å². The number of rotatable bonds is 4. The van der Waals surface area contributed by atoms with Crippen LogP contribution in [0, 0.1) is 0 Å². The standard InChI is InChI=1S/C16H18N4O/c1-3-8-20-14-6-7-18-10-13(14)19-16(20)11-4-5-15(21-2)12(17)9-11/h4-7,9-10H,3,8,17H2,1-2H3. The summed E-state index contributed by atoms with van der Waals surface area (Å²) in [5.41, 5.74) is 9.60. The predicted octanol–water partition coefficient (Wildman–Crippen LogP) is 3.10. The summed E-state index contributed by atoms with van der Waals surface area (Å²) in [6.07, 6.45) is 4.62. The molecule has 0 aliphatic carbocycles. The van der Waals surface area contributed by atoms with Gasteiger partial charge in [-0.2, -0.15) is 0 Å². The van der Waals surface area contributed by atoms with Gasteiger partial charge in [0, 0.05) is 18.3 Å². The van der Waals surface area contributed by atoms with Crippen molar-refractivity contribution in [1.82, 2.24) is 14.5 Å². The molecule has 3 aromatic rings. The third kappa shape index (κ3) is 2.31. The number of pyridine rings is 1. The first kappa shape index (κ1) is 13.4. The average Bonchev–Trinajstić information content (AvgIpc) is 2.87. The van der Waals surface area contributed by atoms with Gasteiger partial charge in [0.2, 0.25) is 0 Å². The maximum absolute atomic E-state index is 6.01. The summed E-state index contributed by atoms with van der Waals surface area (Å²) in [6, 6.07) is 7.75. The lowest BCUT2D eigenvalue weighted by Gasteiger charge is -2.10. The topological polar surface area (TPSA) is 66.0 Å². The van der Waals surface area contributed by atoms with Crippen LogP contribution in [0.15, 0.2) is 36.7 Å². The van der Waals surface area contributed by atoms with Crippen molar-refractivity contribution in [3.8, 4) is 17.1 Å². The predicted molar refractivity (Wildman–Crippen MR) is 84.2 cm³/mol. The molecule has 0 aliphatic heterocycles. The molecule has 0 bridgehead atoms. The molecule has 108 valence electrons. The average molecular weight is 282 g/mol. The molecule has 2 heterocycles. The summed E-state index contributed by atoms with van der Waals surface area (Å²) in [7, 11) is 1.61. The van der Waals surface area contributed by atoms with E-state index in [-0.39, 0.29) is 0 Å². The Morgan fingerprint density at radius 2 is 2.14 bits per heavy atom. The molecule has 0 saturated carbocycles. The number of imidazole rings is 1. The van der Waals surface area contributed by atoms with Gasteiger partial charge in [-0.05, 0) is 30.7 Å². The number of nitrogens with two attached hydrogens (primary N) is 1. The van der Waals surface area contributed by atoms with E-state index in [0.29, 0.717) is 11.4 Å². The molecule has 21 heavy (non-hydrogen) atoms. The second-order valence-electron chi connectivity index (χ2n) is 4.91. The summed E-state index contributed by atoms with van der Waals surface area (Å²) in [6.45, 7) is 3.06. The van der Waals surface area contributed by atoms with Gasteiger partial charge in [0.15, 0.2) is 0 Å². The molecule has 1 aromatic carbocycles. The molecule has 0 unspecified atom stereocenters. The van der Waals surface area contributed by atoms with E-state index in [1.165, 1.54) is 0 Å². The number of aryl methyl sites for hydroxylation is 1. The molecular weight excluding hydrogens is 264 g/mol. The van der Waals surface area contributed by atoms with Gasteiger partial charge >= 0.3 is 0 Å². The number of ether oxygens (including phenoxy) is 1. The minimum Gasteiger partial charge on any atom is -0.495 e. The lowest BCUT2D eigenvalue weighted by molar-refractivity contribution is 0.417. The number of nitrogens with zero attached hydrogens (tertiary/aromatic N) is 3. The van der Waals surface area contributed by atoms with Crippen LogP contribution in [0.2, 0.25) is 0 Å². The van der Waals surface area contributed by atoms with Crippen molar-refractivity contribution in [2.45, 2.75) is 19.9 Å². The Bertz CT molecular complexity index is 779. The fraction of sp³-hybridized carbons (Fsp3) is 0.250. The van der Waals surface area contributed by atoms with Gasteiger partial charge in [-0.1, -0.05) is 6.92 Å². The molecule has 0 radical (unpaired) electrons. The van der Waals surface area contributed by atoms with Crippen molar-refractivity contribution in [2.75, 3.05) is 12.8 Å². The van der Waals surface area contributed by atoms with Gasteiger partial charge < -0.3 is 15.0 Å². The quantitative estimate of drug-likeness (QED) is 0.747. The monoisotopic (exact) mass is 282 g/mol. The fourth-order valence-corrected chi connectivity index (χ4v) is 2.53. The van der Waals surface area contributed by atoms with Crippen LogP contribution in [0.3, 0.4) is 0 Å². The molecule has 0 amide bonds. The van der Waals surface area contributed by atoms with Crippen LogP contribution in [0.25, 0.3) is 22.4 Å². The Balaban J connectivity index is 2.19. The van der Waals surface area contributed by atoms with Crippen molar-refractivity contribution in [3.63, 3.8) is 0 Å². The summed E-state index contributed by atoms with van der Waals surface area (Å²) >= 11 is 0. The molecule has 0 fully saturated rings. The molecule has 0 saturated heterocycles. The highest BCUT2D eigenvalue weighted by atomic mass is 16.5. The largest absolute Gasteiger partial charge is 0.495 e. The Morgan fingerprint density at radius 3 is 2.86 bits per heavy atom. The minimum atomic E-state index is 0.614. The van der Waals surface area contributed by atoms with E-state index in [4.69, 9.17) is 15.5 Å². The molecular formula is C16H18N4O. The van der Waals surface area contributed by atoms with Crippen LogP contribution in [0.5, 0.6) is 5.75 Å². The summed E-state index contributed by atoms with van der Waals surface area (Å²) < 4.78 is 7.42. The fourth-order valence-electron chi connectivity index (χ4n) is 2.53. The molecule has 5 nitrogen and oxygen atoms in total. The van der Waals surface area contributed by atoms with E-state index >= 15 is 0 Å². The first-order valence-electron chi connectivity index (χ1n) is 6.98. The van der Waals surface area contributed by atoms with Gasteiger partial charge in [0.05, 0.1) is 24.5 Å². The molecule has 3 rings (SSSR count). The van der Waals surface area contributed by atoms with E-state index in [1.807, 2.05) is 24.3 Å². The van der Waals surface area contributed by atoms with Crippen molar-refractivity contribution >= 4 is 16.7 Å².